The Morgan fingerprint density at radius 3 is 1.88 bits per heavy atom. The van der Waals surface area contributed by atoms with Crippen molar-refractivity contribution in [3.05, 3.63) is 0 Å². The summed E-state index contributed by atoms with van der Waals surface area (Å²) in [5, 5.41) is 11.8. The Hall–Kier alpha value is -0.320. The molecule has 5 heteroatoms. The van der Waals surface area contributed by atoms with Gasteiger partial charge in [0.05, 0.1) is 0 Å². The molecular weight excluding hydrogens is 131 g/mol. The van der Waals surface area contributed by atoms with Crippen LogP contribution in [0.25, 0.3) is 0 Å². The van der Waals surface area contributed by atoms with Crippen molar-refractivity contribution in [2.75, 3.05) is 0 Å². The number of aliphatic carboxylic acids is 1. The van der Waals surface area contributed by atoms with Crippen molar-refractivity contribution in [2.24, 2.45) is 11.0 Å². The topological polar surface area (TPSA) is 89.3 Å². The van der Waals surface area contributed by atoms with Crippen LogP contribution in [-0.2, 0) is 4.79 Å². The Bertz CT molecular complexity index is 66.3. The Morgan fingerprint density at radius 1 is 1.75 bits per heavy atom. The summed E-state index contributed by atoms with van der Waals surface area (Å²) >= 11 is 4.14. The van der Waals surface area contributed by atoms with Crippen LogP contribution in [0.5, 0.6) is 0 Å². The fraction of sp³-hybridized carbons (Fsp3) is 0.667. The Labute approximate surface area is 52.5 Å². The number of hydrogen-bond acceptors (Lipinski definition) is 3. The number of carboxylic acids is 1. The average Bonchev–Trinajstić information content (AvgIpc) is 1.72. The highest BCUT2D eigenvalue weighted by molar-refractivity contribution is 6.11. The van der Waals surface area contributed by atoms with Gasteiger partial charge in [-0.15, -0.1) is 0 Å². The predicted octanol–water partition coefficient (Wildman–Crippen LogP) is -0.483. The quantitative estimate of drug-likeness (QED) is 0.429. The molecule has 1 atom stereocenters. The van der Waals surface area contributed by atoms with Gasteiger partial charge in [0.2, 0.25) is 0 Å². The van der Waals surface area contributed by atoms with Gasteiger partial charge in [-0.05, 0) is 18.7 Å². The fourth-order valence-corrected chi connectivity index (χ4v) is 0. The minimum Gasteiger partial charge on any atom is -0.480 e. The molecule has 0 amide bonds. The number of rotatable bonds is 1. The second-order valence-electron chi connectivity index (χ2n) is 1.13. The fourth-order valence-electron chi connectivity index (χ4n) is 0. The molecule has 0 saturated carbocycles. The molecule has 0 aliphatic rings. The Morgan fingerprint density at radius 2 is 1.88 bits per heavy atom. The van der Waals surface area contributed by atoms with Gasteiger partial charge in [-0.1, -0.05) is 0 Å². The molecule has 0 rings (SSSR count). The summed E-state index contributed by atoms with van der Waals surface area (Å²) in [5.41, 5.74) is 4.84. The van der Waals surface area contributed by atoms with Gasteiger partial charge in [-0.3, -0.25) is 4.79 Å². The van der Waals surface area contributed by atoms with Gasteiger partial charge >= 0.3 is 5.97 Å². The third-order valence-electron chi connectivity index (χ3n) is 0.390. The van der Waals surface area contributed by atoms with Gasteiger partial charge in [-0.25, -0.2) is 5.25 Å². The lowest BCUT2D eigenvalue weighted by atomic mass is 10.4. The molecule has 4 nitrogen and oxygen atoms in total. The van der Waals surface area contributed by atoms with Gasteiger partial charge in [0.1, 0.15) is 6.04 Å². The van der Waals surface area contributed by atoms with E-state index in [1.54, 1.807) is 0 Å². The van der Waals surface area contributed by atoms with Gasteiger partial charge in [0.25, 0.3) is 0 Å². The molecule has 0 aliphatic carbocycles. The first kappa shape index (κ1) is 10.6. The van der Waals surface area contributed by atoms with E-state index in [9.17, 15) is 4.79 Å². The summed E-state index contributed by atoms with van der Waals surface area (Å²) in [6.45, 7) is 1.42. The first-order valence-electron chi connectivity index (χ1n) is 1.85. The molecule has 0 saturated heterocycles. The minimum absolute atomic E-state index is 0.731. The molecule has 8 heavy (non-hydrogen) atoms. The Kier molecular flexibility index (Phi) is 8.87. The number of hydrogen-bond donors (Lipinski definition) is 3. The van der Waals surface area contributed by atoms with Crippen LogP contribution < -0.4 is 11.0 Å². The molecule has 0 radical (unpaired) electrons. The van der Waals surface area contributed by atoms with Crippen molar-refractivity contribution >= 4 is 17.7 Å². The molecule has 0 fully saturated rings. The molecule has 5 N–H and O–H groups in total. The van der Waals surface area contributed by atoms with Crippen LogP contribution in [-0.4, -0.2) is 17.1 Å². The lowest BCUT2D eigenvalue weighted by molar-refractivity contribution is -0.138. The zero-order chi connectivity index (χ0) is 7.15. The molecule has 0 aromatic carbocycles. The van der Waals surface area contributed by atoms with E-state index in [2.05, 4.69) is 17.0 Å². The van der Waals surface area contributed by atoms with Gasteiger partial charge in [0, 0.05) is 0 Å². The highest BCUT2D eigenvalue weighted by atomic mass is 35.5. The number of nitrogens with two attached hydrogens (primary N) is 2. The number of carbonyl (C=O) groups is 1. The van der Waals surface area contributed by atoms with Crippen molar-refractivity contribution in [1.82, 2.24) is 0 Å². The summed E-state index contributed by atoms with van der Waals surface area (Å²) in [6.07, 6.45) is 0. The molecule has 0 aromatic heterocycles. The molecule has 0 aromatic rings. The SMILES string of the molecule is C[C@H](N)C(=O)O.NCl. The molecule has 50 valence electrons. The van der Waals surface area contributed by atoms with Gasteiger partial charge < -0.3 is 10.8 Å². The van der Waals surface area contributed by atoms with E-state index < -0.39 is 12.0 Å². The normalized spacial score (nSPS) is 11.0. The summed E-state index contributed by atoms with van der Waals surface area (Å²) < 4.78 is 0. The first-order valence-corrected chi connectivity index (χ1v) is 2.28. The summed E-state index contributed by atoms with van der Waals surface area (Å²) in [4.78, 5) is 9.57. The van der Waals surface area contributed by atoms with Crippen molar-refractivity contribution < 1.29 is 9.90 Å². The number of halogens is 1. The van der Waals surface area contributed by atoms with Crippen LogP contribution >= 0.6 is 11.8 Å². The lowest BCUT2D eigenvalue weighted by Crippen LogP contribution is -2.25. The molecule has 0 unspecified atom stereocenters. The highest BCUT2D eigenvalue weighted by Gasteiger charge is 1.99. The maximum absolute atomic E-state index is 9.57. The van der Waals surface area contributed by atoms with Crippen LogP contribution in [0.2, 0.25) is 0 Å². The van der Waals surface area contributed by atoms with E-state index in [0.29, 0.717) is 0 Å². The smallest absolute Gasteiger partial charge is 0.320 e. The minimum atomic E-state index is -0.963. The van der Waals surface area contributed by atoms with Gasteiger partial charge in [0.15, 0.2) is 0 Å². The van der Waals surface area contributed by atoms with Gasteiger partial charge in [-0.2, -0.15) is 0 Å². The molecular formula is C3H9ClN2O2. The third-order valence-corrected chi connectivity index (χ3v) is 0.390. The Balaban J connectivity index is 0. The zero-order valence-corrected chi connectivity index (χ0v) is 5.22. The van der Waals surface area contributed by atoms with E-state index in [1.165, 1.54) is 6.92 Å². The van der Waals surface area contributed by atoms with Crippen molar-refractivity contribution in [3.63, 3.8) is 0 Å². The van der Waals surface area contributed by atoms with Crippen LogP contribution in [0, 0.1) is 0 Å². The zero-order valence-electron chi connectivity index (χ0n) is 4.47. The molecule has 0 aliphatic heterocycles. The lowest BCUT2D eigenvalue weighted by Gasteiger charge is -1.90. The van der Waals surface area contributed by atoms with E-state index >= 15 is 0 Å². The van der Waals surface area contributed by atoms with Crippen LogP contribution in [0.3, 0.4) is 0 Å². The highest BCUT2D eigenvalue weighted by Crippen LogP contribution is 1.68. The molecule has 0 heterocycles. The first-order chi connectivity index (χ1) is 3.64. The van der Waals surface area contributed by atoms with E-state index in [0.717, 1.165) is 0 Å². The van der Waals surface area contributed by atoms with Crippen LogP contribution in [0.15, 0.2) is 0 Å². The summed E-state index contributed by atoms with van der Waals surface area (Å²) in [7, 11) is 0. The van der Waals surface area contributed by atoms with E-state index in [4.69, 9.17) is 10.8 Å². The standard InChI is InChI=1S/C3H7NO2.ClH2N/c1-2(4)3(5)6;1-2/h2H,4H2,1H3,(H,5,6);2H2/t2-;/m0./s1. The van der Waals surface area contributed by atoms with Crippen LogP contribution in [0.4, 0.5) is 0 Å². The maximum atomic E-state index is 9.57. The van der Waals surface area contributed by atoms with Crippen LogP contribution in [0.1, 0.15) is 6.92 Å². The number of carboxylic acid groups (broad SMARTS) is 1. The van der Waals surface area contributed by atoms with Crippen molar-refractivity contribution in [2.45, 2.75) is 13.0 Å². The largest absolute Gasteiger partial charge is 0.480 e. The molecule has 0 bridgehead atoms. The maximum Gasteiger partial charge on any atom is 0.320 e. The van der Waals surface area contributed by atoms with Crippen molar-refractivity contribution in [1.29, 1.82) is 0 Å². The molecule has 0 spiro atoms. The predicted molar refractivity (Wildman–Crippen MR) is 31.3 cm³/mol. The second-order valence-corrected chi connectivity index (χ2v) is 1.13. The second kappa shape index (κ2) is 6.68. The monoisotopic (exact) mass is 140 g/mol. The summed E-state index contributed by atoms with van der Waals surface area (Å²) in [5.74, 6) is -0.963. The van der Waals surface area contributed by atoms with E-state index in [-0.39, 0.29) is 0 Å². The average molecular weight is 141 g/mol. The van der Waals surface area contributed by atoms with E-state index in [1.807, 2.05) is 0 Å². The summed E-state index contributed by atoms with van der Waals surface area (Å²) in [6, 6.07) is -0.731. The van der Waals surface area contributed by atoms with Crippen molar-refractivity contribution in [3.8, 4) is 0 Å². The third kappa shape index (κ3) is 9.19.